The molecule has 0 atom stereocenters. The van der Waals surface area contributed by atoms with E-state index < -0.39 is 0 Å². The van der Waals surface area contributed by atoms with Crippen LogP contribution in [-0.4, -0.2) is 18.2 Å². The number of anilines is 1. The molecule has 1 amide bonds. The summed E-state index contributed by atoms with van der Waals surface area (Å²) in [5.41, 5.74) is 1.94. The molecule has 1 aliphatic heterocycles. The van der Waals surface area contributed by atoms with Crippen molar-refractivity contribution in [3.05, 3.63) is 58.4 Å². The number of hydrogen-bond acceptors (Lipinski definition) is 3. The molecule has 1 heterocycles. The Morgan fingerprint density at radius 2 is 2.08 bits per heavy atom. The Morgan fingerprint density at radius 1 is 1.28 bits per heavy atom. The van der Waals surface area contributed by atoms with Gasteiger partial charge in [0.15, 0.2) is 0 Å². The zero-order valence-electron chi connectivity index (χ0n) is 13.5. The molecule has 2 aromatic rings. The maximum Gasteiger partial charge on any atom is 0.225 e. The van der Waals surface area contributed by atoms with E-state index >= 15 is 0 Å². The summed E-state index contributed by atoms with van der Waals surface area (Å²) >= 11 is 7.60. The van der Waals surface area contributed by atoms with Crippen LogP contribution in [-0.2, 0) is 17.8 Å². The van der Waals surface area contributed by atoms with Crippen LogP contribution in [0.4, 0.5) is 10.1 Å². The second-order valence-corrected chi connectivity index (χ2v) is 7.11. The molecule has 0 bridgehead atoms. The topological polar surface area (TPSA) is 41.1 Å². The third-order valence-electron chi connectivity index (χ3n) is 3.90. The van der Waals surface area contributed by atoms with Gasteiger partial charge in [-0.3, -0.25) is 4.79 Å². The van der Waals surface area contributed by atoms with Gasteiger partial charge in [0.25, 0.3) is 0 Å². The SMILES string of the molecule is Cl.O=C(CCSc1ccccc1Cl)Nc1ccc2c(c1F)CCNC2. The zero-order chi connectivity index (χ0) is 16.9. The van der Waals surface area contributed by atoms with Crippen molar-refractivity contribution in [2.45, 2.75) is 24.3 Å². The fraction of sp³-hybridized carbons (Fsp3) is 0.278. The van der Waals surface area contributed by atoms with Crippen molar-refractivity contribution >= 4 is 47.4 Å². The van der Waals surface area contributed by atoms with Crippen LogP contribution in [0.1, 0.15) is 17.5 Å². The van der Waals surface area contributed by atoms with E-state index in [4.69, 9.17) is 11.6 Å². The van der Waals surface area contributed by atoms with Crippen molar-refractivity contribution in [1.82, 2.24) is 5.32 Å². The molecular weight excluding hydrogens is 382 g/mol. The van der Waals surface area contributed by atoms with Crippen molar-refractivity contribution in [1.29, 1.82) is 0 Å². The minimum Gasteiger partial charge on any atom is -0.324 e. The molecular formula is C18H19Cl2FN2OS. The van der Waals surface area contributed by atoms with Crippen molar-refractivity contribution < 1.29 is 9.18 Å². The van der Waals surface area contributed by atoms with Gasteiger partial charge in [-0.1, -0.05) is 29.8 Å². The highest BCUT2D eigenvalue weighted by molar-refractivity contribution is 7.99. The molecule has 3 nitrogen and oxygen atoms in total. The first-order chi connectivity index (χ1) is 11.6. The predicted molar refractivity (Wildman–Crippen MR) is 104 cm³/mol. The number of thioether (sulfide) groups is 1. The first-order valence-electron chi connectivity index (χ1n) is 7.83. The van der Waals surface area contributed by atoms with E-state index in [1.54, 1.807) is 6.07 Å². The van der Waals surface area contributed by atoms with Crippen LogP contribution in [0.3, 0.4) is 0 Å². The van der Waals surface area contributed by atoms with Gasteiger partial charge in [-0.25, -0.2) is 4.39 Å². The summed E-state index contributed by atoms with van der Waals surface area (Å²) in [7, 11) is 0. The van der Waals surface area contributed by atoms with E-state index in [1.807, 2.05) is 30.3 Å². The van der Waals surface area contributed by atoms with Crippen LogP contribution < -0.4 is 10.6 Å². The zero-order valence-corrected chi connectivity index (χ0v) is 15.9. The average Bonchev–Trinajstić information content (AvgIpc) is 2.59. The van der Waals surface area contributed by atoms with Gasteiger partial charge in [-0.05, 0) is 42.3 Å². The number of rotatable bonds is 5. The molecule has 25 heavy (non-hydrogen) atoms. The fourth-order valence-electron chi connectivity index (χ4n) is 2.66. The van der Waals surface area contributed by atoms with Gasteiger partial charge >= 0.3 is 0 Å². The van der Waals surface area contributed by atoms with Crippen LogP contribution in [0, 0.1) is 5.82 Å². The molecule has 0 unspecified atom stereocenters. The van der Waals surface area contributed by atoms with Crippen molar-refractivity contribution in [2.24, 2.45) is 0 Å². The average molecular weight is 401 g/mol. The van der Waals surface area contributed by atoms with E-state index in [-0.39, 0.29) is 29.8 Å². The third-order valence-corrected chi connectivity index (χ3v) is 5.42. The molecule has 0 radical (unpaired) electrons. The van der Waals surface area contributed by atoms with Gasteiger partial charge in [0.05, 0.1) is 10.7 Å². The number of carbonyl (C=O) groups is 1. The second kappa shape index (κ2) is 9.43. The number of nitrogens with one attached hydrogen (secondary N) is 2. The Labute approximate surface area is 162 Å². The minimum atomic E-state index is -0.305. The Hall–Kier alpha value is -1.27. The van der Waals surface area contributed by atoms with Crippen LogP contribution in [0.5, 0.6) is 0 Å². The van der Waals surface area contributed by atoms with Gasteiger partial charge in [-0.2, -0.15) is 0 Å². The van der Waals surface area contributed by atoms with Crippen molar-refractivity contribution in [3.63, 3.8) is 0 Å². The number of amides is 1. The fourth-order valence-corrected chi connectivity index (χ4v) is 3.85. The van der Waals surface area contributed by atoms with Crippen LogP contribution in [0.2, 0.25) is 5.02 Å². The number of carbonyl (C=O) groups excluding carboxylic acids is 1. The van der Waals surface area contributed by atoms with E-state index in [0.29, 0.717) is 35.7 Å². The minimum absolute atomic E-state index is 0. The number of fused-ring (bicyclic) bond motifs is 1. The lowest BCUT2D eigenvalue weighted by Gasteiger charge is -2.19. The first kappa shape index (κ1) is 20.0. The van der Waals surface area contributed by atoms with Gasteiger partial charge in [0.2, 0.25) is 5.91 Å². The molecule has 1 aliphatic rings. The third kappa shape index (κ3) is 5.11. The van der Waals surface area contributed by atoms with Crippen molar-refractivity contribution in [3.8, 4) is 0 Å². The molecule has 2 aromatic carbocycles. The molecule has 0 saturated heterocycles. The number of hydrogen-bond donors (Lipinski definition) is 2. The van der Waals surface area contributed by atoms with Gasteiger partial charge in [0, 0.05) is 23.6 Å². The van der Waals surface area contributed by atoms with Gasteiger partial charge < -0.3 is 10.6 Å². The first-order valence-corrected chi connectivity index (χ1v) is 9.19. The number of halogens is 3. The quantitative estimate of drug-likeness (QED) is 0.716. The lowest BCUT2D eigenvalue weighted by molar-refractivity contribution is -0.115. The van der Waals surface area contributed by atoms with E-state index in [9.17, 15) is 9.18 Å². The lowest BCUT2D eigenvalue weighted by atomic mass is 9.99. The summed E-state index contributed by atoms with van der Waals surface area (Å²) in [5.74, 6) is 0.0925. The van der Waals surface area contributed by atoms with E-state index in [0.717, 1.165) is 17.0 Å². The van der Waals surface area contributed by atoms with E-state index in [2.05, 4.69) is 10.6 Å². The lowest BCUT2D eigenvalue weighted by Crippen LogP contribution is -2.25. The summed E-state index contributed by atoms with van der Waals surface area (Å²) < 4.78 is 14.5. The molecule has 0 saturated carbocycles. The molecule has 3 rings (SSSR count). The van der Waals surface area contributed by atoms with Crippen LogP contribution in [0.15, 0.2) is 41.3 Å². The molecule has 0 spiro atoms. The second-order valence-electron chi connectivity index (χ2n) is 5.57. The summed E-state index contributed by atoms with van der Waals surface area (Å²) in [6, 6.07) is 11.0. The van der Waals surface area contributed by atoms with Gasteiger partial charge in [-0.15, -0.1) is 24.2 Å². The highest BCUT2D eigenvalue weighted by Crippen LogP contribution is 2.28. The summed E-state index contributed by atoms with van der Waals surface area (Å²) in [6.45, 7) is 1.44. The number of benzene rings is 2. The molecule has 7 heteroatoms. The Bertz CT molecular complexity index is 758. The molecule has 134 valence electrons. The highest BCUT2D eigenvalue weighted by Gasteiger charge is 2.17. The molecule has 0 aromatic heterocycles. The van der Waals surface area contributed by atoms with E-state index in [1.165, 1.54) is 11.8 Å². The van der Waals surface area contributed by atoms with Gasteiger partial charge in [0.1, 0.15) is 5.82 Å². The maximum absolute atomic E-state index is 14.5. The Balaban J connectivity index is 0.00000225. The summed E-state index contributed by atoms with van der Waals surface area (Å²) in [5, 5.41) is 6.57. The predicted octanol–water partition coefficient (Wildman–Crippen LogP) is 4.67. The monoisotopic (exact) mass is 400 g/mol. The summed E-state index contributed by atoms with van der Waals surface area (Å²) in [4.78, 5) is 13.0. The smallest absolute Gasteiger partial charge is 0.225 e. The Morgan fingerprint density at radius 3 is 2.88 bits per heavy atom. The van der Waals surface area contributed by atoms with Crippen molar-refractivity contribution in [2.75, 3.05) is 17.6 Å². The molecule has 2 N–H and O–H groups in total. The molecule has 0 fully saturated rings. The Kier molecular flexibility index (Phi) is 7.56. The van der Waals surface area contributed by atoms with Crippen LogP contribution in [0.25, 0.3) is 0 Å². The normalized spacial score (nSPS) is 12.9. The maximum atomic E-state index is 14.5. The largest absolute Gasteiger partial charge is 0.324 e. The standard InChI is InChI=1S/C18H18ClFN2OS.ClH/c19-14-3-1-2-4-16(14)24-10-8-17(23)22-15-6-5-12-11-21-9-7-13(12)18(15)20;/h1-6,21H,7-11H2,(H,22,23);1H. The highest BCUT2D eigenvalue weighted by atomic mass is 35.5. The summed E-state index contributed by atoms with van der Waals surface area (Å²) in [6.07, 6.45) is 0.946. The van der Waals surface area contributed by atoms with Crippen LogP contribution >= 0.6 is 35.8 Å². The molecule has 0 aliphatic carbocycles.